The number of anilines is 1. The summed E-state index contributed by atoms with van der Waals surface area (Å²) in [6, 6.07) is 12.1. The second-order valence-electron chi connectivity index (χ2n) is 6.52. The van der Waals surface area contributed by atoms with Crippen LogP contribution in [0.3, 0.4) is 0 Å². The number of benzene rings is 2. The number of aromatic nitrogens is 2. The molecular formula is C20H18FN3O3. The van der Waals surface area contributed by atoms with Gasteiger partial charge in [0, 0.05) is 24.2 Å². The zero-order chi connectivity index (χ0) is 19.0. The monoisotopic (exact) mass is 367 g/mol. The fourth-order valence-electron chi connectivity index (χ4n) is 3.13. The second-order valence-corrected chi connectivity index (χ2v) is 6.52. The largest absolute Gasteiger partial charge is 0.497 e. The van der Waals surface area contributed by atoms with Crippen molar-refractivity contribution in [3.8, 4) is 17.1 Å². The van der Waals surface area contributed by atoms with Crippen molar-refractivity contribution in [1.82, 2.24) is 10.1 Å². The molecule has 1 amide bonds. The van der Waals surface area contributed by atoms with Gasteiger partial charge in [-0.3, -0.25) is 4.79 Å². The minimum absolute atomic E-state index is 0.0903. The molecule has 1 unspecified atom stereocenters. The first kappa shape index (κ1) is 17.2. The Bertz CT molecular complexity index is 984. The summed E-state index contributed by atoms with van der Waals surface area (Å²) in [5.41, 5.74) is 1.89. The van der Waals surface area contributed by atoms with Crippen LogP contribution in [0, 0.1) is 12.7 Å². The highest BCUT2D eigenvalue weighted by atomic mass is 19.1. The fourth-order valence-corrected chi connectivity index (χ4v) is 3.13. The van der Waals surface area contributed by atoms with Crippen molar-refractivity contribution in [1.29, 1.82) is 0 Å². The lowest BCUT2D eigenvalue weighted by atomic mass is 10.1. The van der Waals surface area contributed by atoms with Crippen LogP contribution in [0.5, 0.6) is 5.75 Å². The molecule has 0 spiro atoms. The topological polar surface area (TPSA) is 68.5 Å². The average Bonchev–Trinajstić information content (AvgIpc) is 3.31. The quantitative estimate of drug-likeness (QED) is 0.703. The molecule has 0 radical (unpaired) electrons. The van der Waals surface area contributed by atoms with Gasteiger partial charge in [0.1, 0.15) is 11.6 Å². The number of ether oxygens (including phenoxy) is 1. The molecule has 3 aromatic rings. The van der Waals surface area contributed by atoms with E-state index in [9.17, 15) is 9.18 Å². The minimum atomic E-state index is -0.330. The second kappa shape index (κ2) is 6.83. The van der Waals surface area contributed by atoms with E-state index in [-0.39, 0.29) is 24.1 Å². The molecule has 2 aromatic carbocycles. The Morgan fingerprint density at radius 2 is 2.00 bits per heavy atom. The van der Waals surface area contributed by atoms with Gasteiger partial charge in [0.15, 0.2) is 0 Å². The van der Waals surface area contributed by atoms with Gasteiger partial charge < -0.3 is 14.2 Å². The van der Waals surface area contributed by atoms with Gasteiger partial charge in [-0.15, -0.1) is 0 Å². The number of nitrogens with zero attached hydrogens (tertiary/aromatic N) is 3. The van der Waals surface area contributed by atoms with Crippen LogP contribution in [0.4, 0.5) is 10.1 Å². The Kier molecular flexibility index (Phi) is 4.35. The lowest BCUT2D eigenvalue weighted by molar-refractivity contribution is -0.117. The number of amides is 1. The van der Waals surface area contributed by atoms with Gasteiger partial charge in [-0.2, -0.15) is 4.98 Å². The van der Waals surface area contributed by atoms with Crippen molar-refractivity contribution in [2.75, 3.05) is 18.6 Å². The molecule has 7 heteroatoms. The molecule has 1 saturated heterocycles. The number of hydrogen-bond acceptors (Lipinski definition) is 5. The molecule has 6 nitrogen and oxygen atoms in total. The Labute approximate surface area is 155 Å². The SMILES string of the molecule is COc1ccc(-c2noc(C3CC(=O)N(c4ccc(C)c(F)c4)C3)n2)cc1. The molecule has 138 valence electrons. The molecule has 0 saturated carbocycles. The Morgan fingerprint density at radius 3 is 2.70 bits per heavy atom. The molecule has 2 heterocycles. The maximum absolute atomic E-state index is 13.8. The van der Waals surface area contributed by atoms with E-state index in [0.29, 0.717) is 29.5 Å². The standard InChI is InChI=1S/C20H18FN3O3/c1-12-3-6-15(10-17(12)21)24-11-14(9-18(24)25)20-22-19(23-27-20)13-4-7-16(26-2)8-5-13/h3-8,10,14H,9,11H2,1-2H3. The van der Waals surface area contributed by atoms with Crippen LogP contribution in [0.25, 0.3) is 11.4 Å². The smallest absolute Gasteiger partial charge is 0.232 e. The van der Waals surface area contributed by atoms with Crippen molar-refractivity contribution in [2.24, 2.45) is 0 Å². The van der Waals surface area contributed by atoms with Crippen LogP contribution >= 0.6 is 0 Å². The predicted molar refractivity (Wildman–Crippen MR) is 97.1 cm³/mol. The van der Waals surface area contributed by atoms with Crippen molar-refractivity contribution in [2.45, 2.75) is 19.3 Å². The number of rotatable bonds is 4. The van der Waals surface area contributed by atoms with Crippen LogP contribution < -0.4 is 9.64 Å². The molecule has 1 atom stereocenters. The minimum Gasteiger partial charge on any atom is -0.497 e. The molecule has 1 aromatic heterocycles. The van der Waals surface area contributed by atoms with E-state index in [2.05, 4.69) is 10.1 Å². The van der Waals surface area contributed by atoms with Crippen LogP contribution in [0.15, 0.2) is 47.0 Å². The van der Waals surface area contributed by atoms with Crippen LogP contribution in [-0.4, -0.2) is 29.7 Å². The maximum Gasteiger partial charge on any atom is 0.232 e. The summed E-state index contributed by atoms with van der Waals surface area (Å²) in [6.45, 7) is 2.07. The van der Waals surface area contributed by atoms with E-state index >= 15 is 0 Å². The fraction of sp³-hybridized carbons (Fsp3) is 0.250. The zero-order valence-electron chi connectivity index (χ0n) is 15.0. The molecule has 0 N–H and O–H groups in total. The highest BCUT2D eigenvalue weighted by Gasteiger charge is 2.35. The van der Waals surface area contributed by atoms with Crippen molar-refractivity contribution in [3.05, 3.63) is 59.7 Å². The number of halogens is 1. The third-order valence-electron chi connectivity index (χ3n) is 4.73. The third-order valence-corrected chi connectivity index (χ3v) is 4.73. The van der Waals surface area contributed by atoms with Crippen LogP contribution in [0.2, 0.25) is 0 Å². The Balaban J connectivity index is 1.53. The molecular weight excluding hydrogens is 349 g/mol. The zero-order valence-corrected chi connectivity index (χ0v) is 15.0. The Morgan fingerprint density at radius 1 is 1.22 bits per heavy atom. The number of methoxy groups -OCH3 is 1. The molecule has 1 fully saturated rings. The van der Waals surface area contributed by atoms with Gasteiger partial charge >= 0.3 is 0 Å². The van der Waals surface area contributed by atoms with E-state index in [4.69, 9.17) is 9.26 Å². The van der Waals surface area contributed by atoms with Crippen molar-refractivity contribution < 1.29 is 18.4 Å². The van der Waals surface area contributed by atoms with E-state index < -0.39 is 0 Å². The number of hydrogen-bond donors (Lipinski definition) is 0. The lowest BCUT2D eigenvalue weighted by Gasteiger charge is -2.16. The van der Waals surface area contributed by atoms with E-state index in [0.717, 1.165) is 11.3 Å². The summed E-state index contributed by atoms with van der Waals surface area (Å²) in [7, 11) is 1.60. The average molecular weight is 367 g/mol. The van der Waals surface area contributed by atoms with Gasteiger partial charge in [-0.05, 0) is 48.9 Å². The van der Waals surface area contributed by atoms with Gasteiger partial charge in [0.05, 0.1) is 13.0 Å². The third kappa shape index (κ3) is 3.28. The highest BCUT2D eigenvalue weighted by Crippen LogP contribution is 2.32. The summed E-state index contributed by atoms with van der Waals surface area (Å²) in [4.78, 5) is 18.4. The molecule has 27 heavy (non-hydrogen) atoms. The van der Waals surface area contributed by atoms with Gasteiger partial charge in [-0.25, -0.2) is 4.39 Å². The predicted octanol–water partition coefficient (Wildman–Crippen LogP) is 3.71. The van der Waals surface area contributed by atoms with E-state index in [1.807, 2.05) is 24.3 Å². The summed E-state index contributed by atoms with van der Waals surface area (Å²) >= 11 is 0. The van der Waals surface area contributed by atoms with Gasteiger partial charge in [-0.1, -0.05) is 11.2 Å². The summed E-state index contributed by atoms with van der Waals surface area (Å²) in [5.74, 6) is 0.964. The first-order chi connectivity index (χ1) is 13.0. The van der Waals surface area contributed by atoms with Crippen molar-refractivity contribution in [3.63, 3.8) is 0 Å². The van der Waals surface area contributed by atoms with Gasteiger partial charge in [0.25, 0.3) is 0 Å². The molecule has 0 bridgehead atoms. The first-order valence-corrected chi connectivity index (χ1v) is 8.59. The van der Waals surface area contributed by atoms with Crippen LogP contribution in [-0.2, 0) is 4.79 Å². The molecule has 1 aliphatic rings. The highest BCUT2D eigenvalue weighted by molar-refractivity contribution is 5.96. The summed E-state index contributed by atoms with van der Waals surface area (Å²) in [5, 5.41) is 4.02. The number of carbonyl (C=O) groups is 1. The van der Waals surface area contributed by atoms with E-state index in [1.165, 1.54) is 6.07 Å². The summed E-state index contributed by atoms with van der Waals surface area (Å²) in [6.07, 6.45) is 0.250. The number of aryl methyl sites for hydroxylation is 1. The molecule has 4 rings (SSSR count). The normalized spacial score (nSPS) is 16.8. The van der Waals surface area contributed by atoms with Crippen LogP contribution in [0.1, 0.15) is 23.8 Å². The van der Waals surface area contributed by atoms with Crippen molar-refractivity contribution >= 4 is 11.6 Å². The number of carbonyl (C=O) groups excluding carboxylic acids is 1. The van der Waals surface area contributed by atoms with E-state index in [1.54, 1.807) is 31.1 Å². The summed E-state index contributed by atoms with van der Waals surface area (Å²) < 4.78 is 24.4. The molecule has 1 aliphatic heterocycles. The Hall–Kier alpha value is -3.22. The maximum atomic E-state index is 13.8. The van der Waals surface area contributed by atoms with Gasteiger partial charge in [0.2, 0.25) is 17.6 Å². The lowest BCUT2D eigenvalue weighted by Crippen LogP contribution is -2.24. The molecule has 0 aliphatic carbocycles. The first-order valence-electron chi connectivity index (χ1n) is 8.59.